The molecule has 10 heavy (non-hydrogen) atoms. The number of hydrogen-bond acceptors (Lipinski definition) is 3. The van der Waals surface area contributed by atoms with E-state index >= 15 is 0 Å². The van der Waals surface area contributed by atoms with Crippen LogP contribution in [0.4, 0.5) is 0 Å². The molecule has 3 aliphatic heterocycles. The molecule has 0 saturated carbocycles. The molecule has 0 amide bonds. The normalized spacial score (nSPS) is 63.9. The molecule has 0 bridgehead atoms. The third-order valence-corrected chi connectivity index (χ3v) is 2.70. The Labute approximate surface area is 61.0 Å². The maximum Gasteiger partial charge on any atom is 0.0772 e. The molecule has 3 fully saturated rings. The van der Waals surface area contributed by atoms with E-state index in [0.29, 0.717) is 0 Å². The first-order valence-electron chi connectivity index (χ1n) is 4.11. The molecule has 3 heterocycles. The van der Waals surface area contributed by atoms with E-state index in [1.165, 1.54) is 19.6 Å². The van der Waals surface area contributed by atoms with E-state index in [2.05, 4.69) is 22.0 Å². The lowest BCUT2D eigenvalue weighted by atomic mass is 10.6. The van der Waals surface area contributed by atoms with E-state index < -0.39 is 0 Å². The smallest absolute Gasteiger partial charge is 0.0772 e. The van der Waals surface area contributed by atoms with Gasteiger partial charge in [0.25, 0.3) is 0 Å². The van der Waals surface area contributed by atoms with Crippen molar-refractivity contribution in [1.29, 1.82) is 0 Å². The Morgan fingerprint density at radius 2 is 2.00 bits per heavy atom. The van der Waals surface area contributed by atoms with Crippen LogP contribution in [-0.4, -0.2) is 47.8 Å². The molecular formula is C7H13N3. The SMILES string of the molecule is CC1CN1C1CN1C1CN1. The van der Waals surface area contributed by atoms with Gasteiger partial charge in [-0.05, 0) is 6.92 Å². The minimum Gasteiger partial charge on any atom is -0.298 e. The average molecular weight is 139 g/mol. The maximum atomic E-state index is 3.32. The molecule has 0 aliphatic carbocycles. The standard InChI is InChI=1S/C7H13N3/c1-5-3-9(5)7-4-10(7)6-2-8-6/h5-8H,2-4H2,1H3. The lowest BCUT2D eigenvalue weighted by Gasteiger charge is -1.99. The van der Waals surface area contributed by atoms with E-state index in [1.807, 2.05) is 0 Å². The summed E-state index contributed by atoms with van der Waals surface area (Å²) in [6.45, 7) is 6.16. The van der Waals surface area contributed by atoms with Crippen molar-refractivity contribution in [2.45, 2.75) is 25.3 Å². The highest BCUT2D eigenvalue weighted by Crippen LogP contribution is 2.34. The van der Waals surface area contributed by atoms with Crippen LogP contribution in [0, 0.1) is 0 Å². The third-order valence-electron chi connectivity index (χ3n) is 2.70. The predicted octanol–water partition coefficient (Wildman–Crippen LogP) is -0.738. The van der Waals surface area contributed by atoms with Gasteiger partial charge in [-0.1, -0.05) is 0 Å². The van der Waals surface area contributed by atoms with Crippen LogP contribution in [0.25, 0.3) is 0 Å². The second-order valence-corrected chi connectivity index (χ2v) is 3.65. The van der Waals surface area contributed by atoms with Crippen molar-refractivity contribution < 1.29 is 0 Å². The van der Waals surface area contributed by atoms with Crippen LogP contribution in [-0.2, 0) is 0 Å². The molecule has 3 rings (SSSR count). The molecule has 56 valence electrons. The molecule has 5 unspecified atom stereocenters. The Morgan fingerprint density at radius 1 is 1.30 bits per heavy atom. The summed E-state index contributed by atoms with van der Waals surface area (Å²) in [4.78, 5) is 5.09. The van der Waals surface area contributed by atoms with Crippen molar-refractivity contribution in [3.05, 3.63) is 0 Å². The topological polar surface area (TPSA) is 28.0 Å². The van der Waals surface area contributed by atoms with Gasteiger partial charge in [0.15, 0.2) is 0 Å². The third kappa shape index (κ3) is 0.713. The van der Waals surface area contributed by atoms with E-state index in [9.17, 15) is 0 Å². The van der Waals surface area contributed by atoms with E-state index in [0.717, 1.165) is 18.4 Å². The summed E-state index contributed by atoms with van der Waals surface area (Å²) < 4.78 is 0. The second kappa shape index (κ2) is 1.55. The summed E-state index contributed by atoms with van der Waals surface area (Å²) in [6, 6.07) is 0.869. The zero-order chi connectivity index (χ0) is 6.72. The van der Waals surface area contributed by atoms with E-state index in [4.69, 9.17) is 0 Å². The van der Waals surface area contributed by atoms with Crippen LogP contribution in [0.15, 0.2) is 0 Å². The fraction of sp³-hybridized carbons (Fsp3) is 1.00. The van der Waals surface area contributed by atoms with Crippen molar-refractivity contribution in [3.8, 4) is 0 Å². The van der Waals surface area contributed by atoms with Crippen molar-refractivity contribution in [3.63, 3.8) is 0 Å². The van der Waals surface area contributed by atoms with Gasteiger partial charge in [0.2, 0.25) is 0 Å². The zero-order valence-corrected chi connectivity index (χ0v) is 6.25. The number of hydrogen-bond donors (Lipinski definition) is 1. The van der Waals surface area contributed by atoms with Gasteiger partial charge in [-0.25, -0.2) is 0 Å². The fourth-order valence-electron chi connectivity index (χ4n) is 1.73. The molecule has 5 atom stereocenters. The summed E-state index contributed by atoms with van der Waals surface area (Å²) in [5.74, 6) is 0. The molecular weight excluding hydrogens is 126 g/mol. The van der Waals surface area contributed by atoms with E-state index in [1.54, 1.807) is 0 Å². The lowest BCUT2D eigenvalue weighted by molar-refractivity contribution is 0.369. The van der Waals surface area contributed by atoms with Gasteiger partial charge in [-0.3, -0.25) is 15.1 Å². The second-order valence-electron chi connectivity index (χ2n) is 3.65. The summed E-state index contributed by atoms with van der Waals surface area (Å²) in [6.07, 6.45) is 1.56. The van der Waals surface area contributed by atoms with Crippen molar-refractivity contribution in [2.75, 3.05) is 19.6 Å². The first kappa shape index (κ1) is 5.52. The quantitative estimate of drug-likeness (QED) is 0.511. The van der Waals surface area contributed by atoms with Gasteiger partial charge in [-0.15, -0.1) is 0 Å². The minimum absolute atomic E-state index is 0.748. The maximum absolute atomic E-state index is 3.32. The first-order valence-corrected chi connectivity index (χ1v) is 4.11. The molecule has 3 aliphatic rings. The summed E-state index contributed by atoms with van der Waals surface area (Å²) >= 11 is 0. The van der Waals surface area contributed by atoms with Crippen LogP contribution < -0.4 is 5.32 Å². The van der Waals surface area contributed by atoms with Crippen LogP contribution in [0.5, 0.6) is 0 Å². The summed E-state index contributed by atoms with van der Waals surface area (Å²) in [5, 5.41) is 3.32. The Morgan fingerprint density at radius 3 is 2.50 bits per heavy atom. The molecule has 3 heteroatoms. The van der Waals surface area contributed by atoms with Gasteiger partial charge in [0.05, 0.1) is 12.3 Å². The Bertz CT molecular complexity index is 166. The van der Waals surface area contributed by atoms with Crippen molar-refractivity contribution >= 4 is 0 Å². The van der Waals surface area contributed by atoms with Gasteiger partial charge in [-0.2, -0.15) is 0 Å². The van der Waals surface area contributed by atoms with Crippen LogP contribution in [0.1, 0.15) is 6.92 Å². The predicted molar refractivity (Wildman–Crippen MR) is 38.5 cm³/mol. The highest BCUT2D eigenvalue weighted by molar-refractivity contribution is 5.05. The Kier molecular flexibility index (Phi) is 0.854. The zero-order valence-electron chi connectivity index (χ0n) is 6.25. The molecule has 1 N–H and O–H groups in total. The highest BCUT2D eigenvalue weighted by Gasteiger charge is 2.53. The lowest BCUT2D eigenvalue weighted by Crippen LogP contribution is -2.15. The molecule has 3 nitrogen and oxygen atoms in total. The molecule has 0 aromatic rings. The highest BCUT2D eigenvalue weighted by atomic mass is 15.6. The van der Waals surface area contributed by atoms with Crippen molar-refractivity contribution in [1.82, 2.24) is 15.1 Å². The molecule has 0 aromatic carbocycles. The van der Waals surface area contributed by atoms with E-state index in [-0.39, 0.29) is 0 Å². The van der Waals surface area contributed by atoms with Gasteiger partial charge in [0, 0.05) is 25.7 Å². The van der Waals surface area contributed by atoms with Crippen LogP contribution in [0.2, 0.25) is 0 Å². The Balaban J connectivity index is 1.58. The van der Waals surface area contributed by atoms with Gasteiger partial charge in [0.1, 0.15) is 0 Å². The fourth-order valence-corrected chi connectivity index (χ4v) is 1.73. The largest absolute Gasteiger partial charge is 0.298 e. The summed E-state index contributed by atoms with van der Waals surface area (Å²) in [5.41, 5.74) is 0. The first-order chi connectivity index (χ1) is 4.86. The minimum atomic E-state index is 0.748. The molecule has 0 radical (unpaired) electrons. The van der Waals surface area contributed by atoms with Crippen LogP contribution >= 0.6 is 0 Å². The number of nitrogens with one attached hydrogen (secondary N) is 1. The Hall–Kier alpha value is -0.120. The number of nitrogens with zero attached hydrogens (tertiary/aromatic N) is 2. The van der Waals surface area contributed by atoms with Gasteiger partial charge >= 0.3 is 0 Å². The molecule has 3 saturated heterocycles. The van der Waals surface area contributed by atoms with Crippen LogP contribution in [0.3, 0.4) is 0 Å². The average Bonchev–Trinajstić information content (AvgIpc) is 2.68. The molecule has 0 aromatic heterocycles. The number of rotatable bonds is 2. The summed E-state index contributed by atoms with van der Waals surface area (Å²) in [7, 11) is 0. The molecule has 0 spiro atoms. The monoisotopic (exact) mass is 139 g/mol. The van der Waals surface area contributed by atoms with Gasteiger partial charge < -0.3 is 0 Å². The van der Waals surface area contributed by atoms with Crippen molar-refractivity contribution in [2.24, 2.45) is 0 Å².